The van der Waals surface area contributed by atoms with E-state index in [9.17, 15) is 5.11 Å². The molecular formula is C28H58O. The zero-order chi connectivity index (χ0) is 21.3. The molecule has 0 amide bonds. The third kappa shape index (κ3) is 25.9. The minimum atomic E-state index is -0.0308. The van der Waals surface area contributed by atoms with Gasteiger partial charge in [0.15, 0.2) is 0 Å². The van der Waals surface area contributed by atoms with Gasteiger partial charge >= 0.3 is 0 Å². The molecule has 0 radical (unpaired) electrons. The van der Waals surface area contributed by atoms with Crippen LogP contribution in [0.2, 0.25) is 0 Å². The van der Waals surface area contributed by atoms with Gasteiger partial charge in [-0.15, -0.1) is 0 Å². The Morgan fingerprint density at radius 3 is 0.793 bits per heavy atom. The van der Waals surface area contributed by atoms with Gasteiger partial charge in [0.05, 0.1) is 6.10 Å². The van der Waals surface area contributed by atoms with Crippen LogP contribution in [-0.4, -0.2) is 11.2 Å². The van der Waals surface area contributed by atoms with Crippen LogP contribution in [0.15, 0.2) is 0 Å². The maximum absolute atomic E-state index is 10.2. The van der Waals surface area contributed by atoms with Gasteiger partial charge in [0.25, 0.3) is 0 Å². The summed E-state index contributed by atoms with van der Waals surface area (Å²) in [7, 11) is 0. The molecule has 1 atom stereocenters. The second-order valence-corrected chi connectivity index (χ2v) is 9.66. The highest BCUT2D eigenvalue weighted by Crippen LogP contribution is 2.16. The molecule has 0 aromatic rings. The van der Waals surface area contributed by atoms with Crippen molar-refractivity contribution < 1.29 is 5.11 Å². The van der Waals surface area contributed by atoms with E-state index in [1.807, 2.05) is 0 Å². The first-order valence-electron chi connectivity index (χ1n) is 14.0. The molecule has 0 saturated carbocycles. The van der Waals surface area contributed by atoms with Crippen molar-refractivity contribution in [3.8, 4) is 0 Å². The van der Waals surface area contributed by atoms with Gasteiger partial charge in [0.2, 0.25) is 0 Å². The predicted molar refractivity (Wildman–Crippen MR) is 133 cm³/mol. The summed E-state index contributed by atoms with van der Waals surface area (Å²) >= 11 is 0. The van der Waals surface area contributed by atoms with Crippen LogP contribution in [-0.2, 0) is 0 Å². The van der Waals surface area contributed by atoms with Crippen LogP contribution in [0.1, 0.15) is 174 Å². The van der Waals surface area contributed by atoms with Crippen LogP contribution in [0.25, 0.3) is 0 Å². The smallest absolute Gasteiger partial charge is 0.0540 e. The Hall–Kier alpha value is -0.0400. The highest BCUT2D eigenvalue weighted by molar-refractivity contribution is 4.58. The molecule has 1 N–H and O–H groups in total. The molecule has 29 heavy (non-hydrogen) atoms. The van der Waals surface area contributed by atoms with E-state index < -0.39 is 0 Å². The molecule has 0 fully saturated rings. The quantitative estimate of drug-likeness (QED) is 0.148. The third-order valence-corrected chi connectivity index (χ3v) is 6.53. The monoisotopic (exact) mass is 410 g/mol. The van der Waals surface area contributed by atoms with E-state index in [2.05, 4.69) is 13.8 Å². The number of aliphatic hydroxyl groups excluding tert-OH is 1. The van der Waals surface area contributed by atoms with E-state index in [4.69, 9.17) is 0 Å². The topological polar surface area (TPSA) is 20.2 Å². The van der Waals surface area contributed by atoms with Gasteiger partial charge in [-0.3, -0.25) is 0 Å². The lowest BCUT2D eigenvalue weighted by atomic mass is 10.0. The summed E-state index contributed by atoms with van der Waals surface area (Å²) in [5.41, 5.74) is 0. The molecule has 0 heterocycles. The summed E-state index contributed by atoms with van der Waals surface area (Å²) in [5.74, 6) is 0. The molecule has 0 aliphatic carbocycles. The van der Waals surface area contributed by atoms with Crippen LogP contribution >= 0.6 is 0 Å². The van der Waals surface area contributed by atoms with Gasteiger partial charge in [-0.05, 0) is 12.8 Å². The van der Waals surface area contributed by atoms with Crippen LogP contribution in [0, 0.1) is 0 Å². The Kier molecular flexibility index (Phi) is 26.0. The average molecular weight is 411 g/mol. The normalized spacial score (nSPS) is 12.5. The Morgan fingerprint density at radius 1 is 0.345 bits per heavy atom. The van der Waals surface area contributed by atoms with E-state index in [1.165, 1.54) is 148 Å². The van der Waals surface area contributed by atoms with Crippen LogP contribution in [0.3, 0.4) is 0 Å². The van der Waals surface area contributed by atoms with E-state index in [0.717, 1.165) is 12.8 Å². The molecule has 0 saturated heterocycles. The maximum atomic E-state index is 10.2. The van der Waals surface area contributed by atoms with Crippen molar-refractivity contribution in [3.63, 3.8) is 0 Å². The summed E-state index contributed by atoms with van der Waals surface area (Å²) in [4.78, 5) is 0. The SMILES string of the molecule is CCCCCCCCCCCCCCC(O)CCCCCCCCCCCCC. The number of hydrogen-bond donors (Lipinski definition) is 1. The van der Waals surface area contributed by atoms with E-state index in [0.29, 0.717) is 0 Å². The van der Waals surface area contributed by atoms with Crippen molar-refractivity contribution >= 4 is 0 Å². The number of unbranched alkanes of at least 4 members (excludes halogenated alkanes) is 21. The van der Waals surface area contributed by atoms with Crippen molar-refractivity contribution in [2.45, 2.75) is 180 Å². The highest BCUT2D eigenvalue weighted by Gasteiger charge is 2.03. The fourth-order valence-electron chi connectivity index (χ4n) is 4.41. The summed E-state index contributed by atoms with van der Waals surface area (Å²) in [6.45, 7) is 4.58. The number of hydrogen-bond acceptors (Lipinski definition) is 1. The van der Waals surface area contributed by atoms with Gasteiger partial charge in [0.1, 0.15) is 0 Å². The van der Waals surface area contributed by atoms with Crippen molar-refractivity contribution in [1.29, 1.82) is 0 Å². The second-order valence-electron chi connectivity index (χ2n) is 9.66. The molecule has 0 bridgehead atoms. The second kappa shape index (κ2) is 26.0. The molecule has 0 aliphatic rings. The first-order chi connectivity index (χ1) is 14.3. The van der Waals surface area contributed by atoms with Gasteiger partial charge < -0.3 is 5.11 Å². The van der Waals surface area contributed by atoms with E-state index >= 15 is 0 Å². The minimum absolute atomic E-state index is 0.0308. The summed E-state index contributed by atoms with van der Waals surface area (Å²) in [6.07, 6.45) is 34.1. The zero-order valence-electron chi connectivity index (χ0n) is 20.7. The molecule has 1 unspecified atom stereocenters. The molecule has 0 aliphatic heterocycles. The summed E-state index contributed by atoms with van der Waals surface area (Å²) in [6, 6.07) is 0. The first-order valence-corrected chi connectivity index (χ1v) is 14.0. The first kappa shape index (κ1) is 29.0. The molecule has 1 nitrogen and oxygen atoms in total. The fourth-order valence-corrected chi connectivity index (χ4v) is 4.41. The van der Waals surface area contributed by atoms with Crippen LogP contribution in [0.4, 0.5) is 0 Å². The molecular weight excluding hydrogens is 352 g/mol. The Labute approximate surface area is 185 Å². The number of aliphatic hydroxyl groups is 1. The minimum Gasteiger partial charge on any atom is -0.393 e. The van der Waals surface area contributed by atoms with Crippen LogP contribution < -0.4 is 0 Å². The maximum Gasteiger partial charge on any atom is 0.0540 e. The standard InChI is InChI=1S/C28H58O/c1-3-5-7-9-11-13-15-17-19-21-23-25-27-28(29)26-24-22-20-18-16-14-12-10-8-6-4-2/h28-29H,3-27H2,1-2H3. The molecule has 1 heteroatoms. The lowest BCUT2D eigenvalue weighted by Gasteiger charge is -2.10. The largest absolute Gasteiger partial charge is 0.393 e. The van der Waals surface area contributed by atoms with E-state index in [1.54, 1.807) is 0 Å². The average Bonchev–Trinajstić information content (AvgIpc) is 2.72. The molecule has 176 valence electrons. The fraction of sp³-hybridized carbons (Fsp3) is 1.00. The summed E-state index contributed by atoms with van der Waals surface area (Å²) < 4.78 is 0. The van der Waals surface area contributed by atoms with Crippen molar-refractivity contribution in [1.82, 2.24) is 0 Å². The van der Waals surface area contributed by atoms with Crippen molar-refractivity contribution in [3.05, 3.63) is 0 Å². The Bertz CT molecular complexity index is 275. The lowest BCUT2D eigenvalue weighted by Crippen LogP contribution is -2.05. The zero-order valence-corrected chi connectivity index (χ0v) is 20.7. The Morgan fingerprint density at radius 2 is 0.552 bits per heavy atom. The number of rotatable bonds is 25. The van der Waals surface area contributed by atoms with Crippen molar-refractivity contribution in [2.75, 3.05) is 0 Å². The molecule has 0 spiro atoms. The predicted octanol–water partition coefficient (Wildman–Crippen LogP) is 10.1. The van der Waals surface area contributed by atoms with Crippen molar-refractivity contribution in [2.24, 2.45) is 0 Å². The molecule has 0 aromatic heterocycles. The van der Waals surface area contributed by atoms with Gasteiger partial charge in [-0.1, -0.05) is 162 Å². The van der Waals surface area contributed by atoms with E-state index in [-0.39, 0.29) is 6.10 Å². The van der Waals surface area contributed by atoms with Gasteiger partial charge in [0, 0.05) is 0 Å². The highest BCUT2D eigenvalue weighted by atomic mass is 16.3. The van der Waals surface area contributed by atoms with Gasteiger partial charge in [-0.25, -0.2) is 0 Å². The molecule has 0 rings (SSSR count). The third-order valence-electron chi connectivity index (χ3n) is 6.53. The molecule has 0 aromatic carbocycles. The van der Waals surface area contributed by atoms with Crippen LogP contribution in [0.5, 0.6) is 0 Å². The Balaban J connectivity index is 3.12. The van der Waals surface area contributed by atoms with Gasteiger partial charge in [-0.2, -0.15) is 0 Å². The summed E-state index contributed by atoms with van der Waals surface area (Å²) in [5, 5.41) is 10.2. The lowest BCUT2D eigenvalue weighted by molar-refractivity contribution is 0.147.